The smallest absolute Gasteiger partial charge is 0.313 e. The Morgan fingerprint density at radius 2 is 2.10 bits per heavy atom. The molecule has 5 nitrogen and oxygen atoms in total. The number of rotatable bonds is 6. The predicted molar refractivity (Wildman–Crippen MR) is 76.1 cm³/mol. The van der Waals surface area contributed by atoms with Gasteiger partial charge < -0.3 is 10.1 Å². The Morgan fingerprint density at radius 1 is 1.40 bits per heavy atom. The van der Waals surface area contributed by atoms with Crippen LogP contribution in [0.25, 0.3) is 0 Å². The van der Waals surface area contributed by atoms with Gasteiger partial charge in [-0.25, -0.2) is 0 Å². The normalized spacial score (nSPS) is 26.8. The van der Waals surface area contributed by atoms with E-state index in [0.717, 1.165) is 25.8 Å². The van der Waals surface area contributed by atoms with Crippen molar-refractivity contribution in [3.05, 3.63) is 0 Å². The summed E-state index contributed by atoms with van der Waals surface area (Å²) in [5.41, 5.74) is -0.449. The third-order valence-corrected chi connectivity index (χ3v) is 4.48. The molecule has 1 N–H and O–H groups in total. The predicted octanol–water partition coefficient (Wildman–Crippen LogP) is 1.18. The van der Waals surface area contributed by atoms with E-state index in [9.17, 15) is 9.59 Å². The maximum Gasteiger partial charge on any atom is 0.313 e. The molecule has 2 rings (SSSR count). The first-order chi connectivity index (χ1) is 9.48. The number of likely N-dealkylation sites (tertiary alicyclic amines) is 1. The van der Waals surface area contributed by atoms with Crippen LogP contribution in [-0.4, -0.2) is 49.1 Å². The highest BCUT2D eigenvalue weighted by molar-refractivity contribution is 5.80. The first-order valence-corrected chi connectivity index (χ1v) is 7.67. The van der Waals surface area contributed by atoms with Crippen molar-refractivity contribution in [3.63, 3.8) is 0 Å². The van der Waals surface area contributed by atoms with Gasteiger partial charge in [0.1, 0.15) is 0 Å². The van der Waals surface area contributed by atoms with Crippen LogP contribution in [0.1, 0.15) is 40.0 Å². The second kappa shape index (κ2) is 6.12. The largest absolute Gasteiger partial charge is 0.466 e. The molecule has 0 aromatic heterocycles. The number of esters is 1. The lowest BCUT2D eigenvalue weighted by Crippen LogP contribution is -2.43. The number of amides is 1. The molecule has 0 aromatic carbocycles. The highest BCUT2D eigenvalue weighted by Crippen LogP contribution is 2.39. The molecule has 20 heavy (non-hydrogen) atoms. The molecule has 1 atom stereocenters. The number of hydrogen-bond acceptors (Lipinski definition) is 4. The number of ether oxygens (including phenoxy) is 1. The van der Waals surface area contributed by atoms with E-state index < -0.39 is 5.41 Å². The zero-order valence-electron chi connectivity index (χ0n) is 12.8. The van der Waals surface area contributed by atoms with Gasteiger partial charge in [0.15, 0.2) is 0 Å². The molecular formula is C15H26N2O3. The molecule has 0 bridgehead atoms. The third kappa shape index (κ3) is 3.32. The summed E-state index contributed by atoms with van der Waals surface area (Å²) in [6.45, 7) is 8.17. The van der Waals surface area contributed by atoms with Crippen LogP contribution in [0.2, 0.25) is 0 Å². The Bertz CT molecular complexity index is 379. The van der Waals surface area contributed by atoms with Gasteiger partial charge in [-0.05, 0) is 38.6 Å². The van der Waals surface area contributed by atoms with E-state index in [-0.39, 0.29) is 17.8 Å². The van der Waals surface area contributed by atoms with Gasteiger partial charge in [0.2, 0.25) is 5.91 Å². The summed E-state index contributed by atoms with van der Waals surface area (Å²) in [6, 6.07) is 0.394. The topological polar surface area (TPSA) is 58.6 Å². The van der Waals surface area contributed by atoms with Gasteiger partial charge in [-0.1, -0.05) is 13.8 Å². The highest BCUT2D eigenvalue weighted by atomic mass is 16.5. The fourth-order valence-electron chi connectivity index (χ4n) is 2.90. The van der Waals surface area contributed by atoms with Crippen molar-refractivity contribution in [2.24, 2.45) is 11.3 Å². The highest BCUT2D eigenvalue weighted by Gasteiger charge is 2.48. The minimum absolute atomic E-state index is 0.0796. The first kappa shape index (κ1) is 15.3. The Hall–Kier alpha value is -1.10. The Balaban J connectivity index is 1.92. The fraction of sp³-hybridized carbons (Fsp3) is 0.867. The average Bonchev–Trinajstić information content (AvgIpc) is 3.06. The maximum absolute atomic E-state index is 12.3. The molecule has 114 valence electrons. The molecule has 2 fully saturated rings. The van der Waals surface area contributed by atoms with Gasteiger partial charge in [0.05, 0.1) is 18.6 Å². The van der Waals surface area contributed by atoms with Crippen LogP contribution < -0.4 is 5.32 Å². The van der Waals surface area contributed by atoms with E-state index in [1.807, 2.05) is 6.92 Å². The van der Waals surface area contributed by atoms with Crippen molar-refractivity contribution in [2.45, 2.75) is 46.1 Å². The van der Waals surface area contributed by atoms with E-state index in [4.69, 9.17) is 4.74 Å². The van der Waals surface area contributed by atoms with Crippen molar-refractivity contribution in [1.29, 1.82) is 0 Å². The van der Waals surface area contributed by atoms with Gasteiger partial charge in [0, 0.05) is 12.6 Å². The summed E-state index contributed by atoms with van der Waals surface area (Å²) < 4.78 is 5.25. The quantitative estimate of drug-likeness (QED) is 0.743. The number of carbonyl (C=O) groups excluding carboxylic acids is 2. The van der Waals surface area contributed by atoms with Crippen LogP contribution in [0.15, 0.2) is 0 Å². The molecule has 1 heterocycles. The maximum atomic E-state index is 12.3. The van der Waals surface area contributed by atoms with Gasteiger partial charge in [0.25, 0.3) is 0 Å². The monoisotopic (exact) mass is 282 g/mol. The Kier molecular flexibility index (Phi) is 4.68. The van der Waals surface area contributed by atoms with Gasteiger partial charge >= 0.3 is 5.97 Å². The zero-order valence-corrected chi connectivity index (χ0v) is 12.8. The van der Waals surface area contributed by atoms with E-state index in [1.54, 1.807) is 0 Å². The van der Waals surface area contributed by atoms with Crippen molar-refractivity contribution >= 4 is 11.9 Å². The molecule has 0 aromatic rings. The number of nitrogens with one attached hydrogen (secondary N) is 1. The lowest BCUT2D eigenvalue weighted by Gasteiger charge is -2.30. The summed E-state index contributed by atoms with van der Waals surface area (Å²) in [6.07, 6.45) is 2.98. The van der Waals surface area contributed by atoms with Crippen LogP contribution in [0.3, 0.4) is 0 Å². The van der Waals surface area contributed by atoms with Gasteiger partial charge in [-0.15, -0.1) is 0 Å². The number of nitrogens with zero attached hydrogens (tertiary/aromatic N) is 1. The van der Waals surface area contributed by atoms with E-state index in [0.29, 0.717) is 25.7 Å². The van der Waals surface area contributed by atoms with E-state index in [2.05, 4.69) is 24.1 Å². The van der Waals surface area contributed by atoms with Crippen molar-refractivity contribution < 1.29 is 14.3 Å². The van der Waals surface area contributed by atoms with Gasteiger partial charge in [-0.3, -0.25) is 14.5 Å². The lowest BCUT2D eigenvalue weighted by molar-refractivity contribution is -0.157. The van der Waals surface area contributed by atoms with E-state index >= 15 is 0 Å². The fourth-order valence-corrected chi connectivity index (χ4v) is 2.90. The number of carbonyl (C=O) groups is 2. The SMILES string of the molecule is CCOC(=O)[C@@]1(C(C)C)CCN(CC(=O)NC2CC2)C1. The third-order valence-electron chi connectivity index (χ3n) is 4.48. The Labute approximate surface area is 121 Å². The summed E-state index contributed by atoms with van der Waals surface area (Å²) in [7, 11) is 0. The Morgan fingerprint density at radius 3 is 2.65 bits per heavy atom. The van der Waals surface area contributed by atoms with Crippen LogP contribution in [-0.2, 0) is 14.3 Å². The second-order valence-electron chi connectivity index (χ2n) is 6.33. The van der Waals surface area contributed by atoms with Crippen LogP contribution in [0.4, 0.5) is 0 Å². The van der Waals surface area contributed by atoms with Crippen LogP contribution in [0.5, 0.6) is 0 Å². The van der Waals surface area contributed by atoms with Crippen LogP contribution >= 0.6 is 0 Å². The molecule has 2 aliphatic rings. The van der Waals surface area contributed by atoms with Crippen molar-refractivity contribution in [1.82, 2.24) is 10.2 Å². The molecule has 1 aliphatic heterocycles. The van der Waals surface area contributed by atoms with Crippen molar-refractivity contribution in [2.75, 3.05) is 26.2 Å². The molecule has 1 amide bonds. The van der Waals surface area contributed by atoms with E-state index in [1.165, 1.54) is 0 Å². The summed E-state index contributed by atoms with van der Waals surface area (Å²) in [5.74, 6) is 0.189. The van der Waals surface area contributed by atoms with Crippen molar-refractivity contribution in [3.8, 4) is 0 Å². The number of hydrogen-bond donors (Lipinski definition) is 1. The summed E-state index contributed by atoms with van der Waals surface area (Å²) >= 11 is 0. The first-order valence-electron chi connectivity index (χ1n) is 7.67. The molecular weight excluding hydrogens is 256 g/mol. The molecule has 0 unspecified atom stereocenters. The lowest BCUT2D eigenvalue weighted by atomic mass is 9.76. The molecule has 0 radical (unpaired) electrons. The molecule has 1 saturated carbocycles. The summed E-state index contributed by atoms with van der Waals surface area (Å²) in [5, 5.41) is 2.99. The summed E-state index contributed by atoms with van der Waals surface area (Å²) in [4.78, 5) is 26.2. The second-order valence-corrected chi connectivity index (χ2v) is 6.33. The van der Waals surface area contributed by atoms with Gasteiger partial charge in [-0.2, -0.15) is 0 Å². The minimum atomic E-state index is -0.449. The van der Waals surface area contributed by atoms with Crippen LogP contribution in [0, 0.1) is 11.3 Å². The minimum Gasteiger partial charge on any atom is -0.466 e. The average molecular weight is 282 g/mol. The molecule has 0 spiro atoms. The standard InChI is InChI=1S/C15H26N2O3/c1-4-20-14(19)15(11(2)3)7-8-17(10-15)9-13(18)16-12-5-6-12/h11-12H,4-10H2,1-3H3,(H,16,18)/t15-/m0/s1. The molecule has 5 heteroatoms. The molecule has 1 saturated heterocycles. The molecule has 1 aliphatic carbocycles. The zero-order chi connectivity index (χ0) is 14.8.